The van der Waals surface area contributed by atoms with Gasteiger partial charge in [0.25, 0.3) is 0 Å². The Kier molecular flexibility index (Phi) is 6.05. The molecule has 1 aliphatic rings. The number of benzene rings is 1. The molecule has 140 valence electrons. The summed E-state index contributed by atoms with van der Waals surface area (Å²) in [5.74, 6) is -0.181. The molecule has 1 amide bonds. The van der Waals surface area contributed by atoms with Crippen LogP contribution < -0.4 is 11.0 Å². The molecule has 0 aliphatic carbocycles. The summed E-state index contributed by atoms with van der Waals surface area (Å²) in [7, 11) is 0. The van der Waals surface area contributed by atoms with Crippen LogP contribution in [-0.2, 0) is 16.1 Å². The number of H-pyrrole nitrogens is 1. The van der Waals surface area contributed by atoms with Crippen molar-refractivity contribution in [2.24, 2.45) is 0 Å². The summed E-state index contributed by atoms with van der Waals surface area (Å²) >= 11 is 7.32. The lowest BCUT2D eigenvalue weighted by molar-refractivity contribution is -0.115. The minimum absolute atomic E-state index is 0.0166. The SMILES string of the molecule is Cc1c(Cl)cccc1NC(=O)C(C)Sc1n[nH]c(=O)n1CC1CCCO1. The van der Waals surface area contributed by atoms with Crippen molar-refractivity contribution >= 4 is 35.0 Å². The van der Waals surface area contributed by atoms with Gasteiger partial charge in [-0.3, -0.25) is 9.36 Å². The van der Waals surface area contributed by atoms with E-state index in [2.05, 4.69) is 15.5 Å². The van der Waals surface area contributed by atoms with E-state index >= 15 is 0 Å². The molecule has 7 nitrogen and oxygen atoms in total. The molecule has 1 saturated heterocycles. The summed E-state index contributed by atoms with van der Waals surface area (Å²) in [6, 6.07) is 5.37. The molecule has 2 heterocycles. The first-order valence-electron chi connectivity index (χ1n) is 8.45. The fourth-order valence-electron chi connectivity index (χ4n) is 2.74. The number of carbonyl (C=O) groups is 1. The van der Waals surface area contributed by atoms with Gasteiger partial charge < -0.3 is 10.1 Å². The Morgan fingerprint density at radius 1 is 1.58 bits per heavy atom. The normalized spacial score (nSPS) is 18.0. The summed E-state index contributed by atoms with van der Waals surface area (Å²) in [4.78, 5) is 24.5. The summed E-state index contributed by atoms with van der Waals surface area (Å²) in [5.41, 5.74) is 1.20. The molecule has 1 fully saturated rings. The van der Waals surface area contributed by atoms with E-state index in [9.17, 15) is 9.59 Å². The lowest BCUT2D eigenvalue weighted by atomic mass is 10.2. The smallest absolute Gasteiger partial charge is 0.344 e. The van der Waals surface area contributed by atoms with Gasteiger partial charge in [-0.15, -0.1) is 5.10 Å². The zero-order chi connectivity index (χ0) is 18.7. The molecule has 0 radical (unpaired) electrons. The van der Waals surface area contributed by atoms with Gasteiger partial charge in [-0.05, 0) is 44.4 Å². The van der Waals surface area contributed by atoms with Crippen LogP contribution in [0.1, 0.15) is 25.3 Å². The third kappa shape index (κ3) is 4.31. The lowest BCUT2D eigenvalue weighted by Crippen LogP contribution is -2.27. The van der Waals surface area contributed by atoms with Crippen molar-refractivity contribution in [3.63, 3.8) is 0 Å². The van der Waals surface area contributed by atoms with Crippen LogP contribution >= 0.6 is 23.4 Å². The molecular formula is C17H21ClN4O3S. The number of nitrogens with zero attached hydrogens (tertiary/aromatic N) is 2. The number of amides is 1. The van der Waals surface area contributed by atoms with Gasteiger partial charge in [-0.1, -0.05) is 29.4 Å². The van der Waals surface area contributed by atoms with E-state index in [1.807, 2.05) is 6.92 Å². The van der Waals surface area contributed by atoms with E-state index in [4.69, 9.17) is 16.3 Å². The topological polar surface area (TPSA) is 89.0 Å². The van der Waals surface area contributed by atoms with Crippen molar-refractivity contribution in [3.05, 3.63) is 39.3 Å². The average molecular weight is 397 g/mol. The third-order valence-electron chi connectivity index (χ3n) is 4.31. The number of thioether (sulfide) groups is 1. The van der Waals surface area contributed by atoms with Crippen molar-refractivity contribution in [1.82, 2.24) is 14.8 Å². The molecule has 2 N–H and O–H groups in total. The Morgan fingerprint density at radius 2 is 2.38 bits per heavy atom. The van der Waals surface area contributed by atoms with Gasteiger partial charge in [0.1, 0.15) is 0 Å². The van der Waals surface area contributed by atoms with Crippen LogP contribution in [-0.4, -0.2) is 38.6 Å². The van der Waals surface area contributed by atoms with Gasteiger partial charge in [0, 0.05) is 17.3 Å². The summed E-state index contributed by atoms with van der Waals surface area (Å²) in [6.45, 7) is 4.79. The van der Waals surface area contributed by atoms with Crippen molar-refractivity contribution in [1.29, 1.82) is 0 Å². The lowest BCUT2D eigenvalue weighted by Gasteiger charge is -2.15. The van der Waals surface area contributed by atoms with Crippen LogP contribution in [0.15, 0.2) is 28.2 Å². The number of aromatic nitrogens is 3. The Morgan fingerprint density at radius 3 is 3.12 bits per heavy atom. The maximum absolute atomic E-state index is 12.5. The number of aromatic amines is 1. The second-order valence-corrected chi connectivity index (χ2v) is 7.93. The number of rotatable bonds is 6. The molecule has 2 atom stereocenters. The van der Waals surface area contributed by atoms with Crippen molar-refractivity contribution in [2.75, 3.05) is 11.9 Å². The molecule has 2 aromatic rings. The molecule has 0 saturated carbocycles. The fraction of sp³-hybridized carbons (Fsp3) is 0.471. The zero-order valence-corrected chi connectivity index (χ0v) is 16.2. The first-order chi connectivity index (χ1) is 12.5. The molecule has 3 rings (SSSR count). The van der Waals surface area contributed by atoms with Gasteiger partial charge in [0.05, 0.1) is 17.9 Å². The molecule has 26 heavy (non-hydrogen) atoms. The van der Waals surface area contributed by atoms with Crippen LogP contribution in [0.25, 0.3) is 0 Å². The van der Waals surface area contributed by atoms with E-state index in [1.165, 1.54) is 16.3 Å². The van der Waals surface area contributed by atoms with E-state index in [1.54, 1.807) is 25.1 Å². The van der Waals surface area contributed by atoms with Gasteiger partial charge in [-0.25, -0.2) is 9.89 Å². The number of nitrogens with one attached hydrogen (secondary N) is 2. The van der Waals surface area contributed by atoms with E-state index in [0.29, 0.717) is 22.4 Å². The predicted octanol–water partition coefficient (Wildman–Crippen LogP) is 2.83. The Balaban J connectivity index is 1.67. The van der Waals surface area contributed by atoms with E-state index in [-0.39, 0.29) is 17.7 Å². The molecule has 0 spiro atoms. The minimum atomic E-state index is -0.438. The number of hydrogen-bond donors (Lipinski definition) is 2. The van der Waals surface area contributed by atoms with Crippen molar-refractivity contribution in [2.45, 2.75) is 49.7 Å². The highest BCUT2D eigenvalue weighted by atomic mass is 35.5. The van der Waals surface area contributed by atoms with Crippen LogP contribution in [0.3, 0.4) is 0 Å². The van der Waals surface area contributed by atoms with Crippen LogP contribution in [0, 0.1) is 6.92 Å². The van der Waals surface area contributed by atoms with Crippen LogP contribution in [0.4, 0.5) is 5.69 Å². The first kappa shape index (κ1) is 19.0. The molecule has 0 bridgehead atoms. The van der Waals surface area contributed by atoms with Crippen molar-refractivity contribution in [3.8, 4) is 0 Å². The standard InChI is InChI=1S/C17H21ClN4O3S/c1-10-13(18)6-3-7-14(10)19-15(23)11(2)26-17-21-20-16(24)22(17)9-12-5-4-8-25-12/h3,6-7,11-12H,4-5,8-9H2,1-2H3,(H,19,23)(H,20,24). The molecule has 1 aromatic heterocycles. The maximum atomic E-state index is 12.5. The Labute approximate surface area is 160 Å². The minimum Gasteiger partial charge on any atom is -0.376 e. The summed E-state index contributed by atoms with van der Waals surface area (Å²) < 4.78 is 7.13. The molecule has 1 aliphatic heterocycles. The average Bonchev–Trinajstić information content (AvgIpc) is 3.24. The molecule has 9 heteroatoms. The van der Waals surface area contributed by atoms with Crippen LogP contribution in [0.5, 0.6) is 0 Å². The van der Waals surface area contributed by atoms with Gasteiger partial charge in [-0.2, -0.15) is 0 Å². The largest absolute Gasteiger partial charge is 0.376 e. The Hall–Kier alpha value is -1.77. The highest BCUT2D eigenvalue weighted by Gasteiger charge is 2.23. The van der Waals surface area contributed by atoms with Gasteiger partial charge in [0.2, 0.25) is 5.91 Å². The molecular weight excluding hydrogens is 376 g/mol. The predicted molar refractivity (Wildman–Crippen MR) is 102 cm³/mol. The second kappa shape index (κ2) is 8.28. The number of hydrogen-bond acceptors (Lipinski definition) is 5. The van der Waals surface area contributed by atoms with Crippen LogP contribution in [0.2, 0.25) is 5.02 Å². The van der Waals surface area contributed by atoms with Gasteiger partial charge in [0.15, 0.2) is 5.16 Å². The highest BCUT2D eigenvalue weighted by Crippen LogP contribution is 2.26. The quantitative estimate of drug-likeness (QED) is 0.733. The molecule has 1 aromatic carbocycles. The zero-order valence-electron chi connectivity index (χ0n) is 14.6. The fourth-order valence-corrected chi connectivity index (χ4v) is 3.77. The van der Waals surface area contributed by atoms with E-state index < -0.39 is 5.25 Å². The Bertz CT molecular complexity index is 845. The maximum Gasteiger partial charge on any atom is 0.344 e. The second-order valence-electron chi connectivity index (χ2n) is 6.22. The van der Waals surface area contributed by atoms with E-state index in [0.717, 1.165) is 25.0 Å². The third-order valence-corrected chi connectivity index (χ3v) is 5.81. The monoisotopic (exact) mass is 396 g/mol. The summed E-state index contributed by atoms with van der Waals surface area (Å²) in [6.07, 6.45) is 1.94. The summed E-state index contributed by atoms with van der Waals surface area (Å²) in [5, 5.41) is 10.0. The number of ether oxygens (including phenoxy) is 1. The first-order valence-corrected chi connectivity index (χ1v) is 9.71. The number of anilines is 1. The highest BCUT2D eigenvalue weighted by molar-refractivity contribution is 8.00. The van der Waals surface area contributed by atoms with Crippen molar-refractivity contribution < 1.29 is 9.53 Å². The van der Waals surface area contributed by atoms with Gasteiger partial charge >= 0.3 is 5.69 Å². The number of halogens is 1. The number of carbonyl (C=O) groups excluding carboxylic acids is 1. The molecule has 2 unspecified atom stereocenters.